The van der Waals surface area contributed by atoms with Crippen LogP contribution in [0.25, 0.3) is 11.1 Å². The van der Waals surface area contributed by atoms with E-state index in [1.807, 2.05) is 48.5 Å². The molecule has 0 aliphatic heterocycles. The Morgan fingerprint density at radius 2 is 1.11 bits per heavy atom. The number of fused-ring (bicyclic) bond motifs is 4. The van der Waals surface area contributed by atoms with Gasteiger partial charge in [-0.15, -0.1) is 0 Å². The van der Waals surface area contributed by atoms with E-state index in [4.69, 9.17) is 28.4 Å². The van der Waals surface area contributed by atoms with Crippen LogP contribution in [0, 0.1) is 5.92 Å². The van der Waals surface area contributed by atoms with Crippen molar-refractivity contribution in [2.75, 3.05) is 52.9 Å². The molecule has 9 nitrogen and oxygen atoms in total. The molecule has 0 radical (unpaired) electrons. The number of carbonyl (C=O) groups excluding carboxylic acids is 2. The van der Waals surface area contributed by atoms with E-state index in [1.165, 1.54) is 27.8 Å². The minimum absolute atomic E-state index is 0.00246. The van der Waals surface area contributed by atoms with E-state index in [0.717, 1.165) is 45.2 Å². The van der Waals surface area contributed by atoms with E-state index in [1.54, 1.807) is 0 Å². The van der Waals surface area contributed by atoms with E-state index in [0.29, 0.717) is 38.6 Å². The van der Waals surface area contributed by atoms with Crippen LogP contribution in [0.5, 0.6) is 11.5 Å². The van der Waals surface area contributed by atoms with E-state index >= 15 is 0 Å². The molecule has 3 atom stereocenters. The first-order valence-corrected chi connectivity index (χ1v) is 22.8. The largest absolute Gasteiger partial charge is 0.491 e. The molecule has 0 aromatic heterocycles. The summed E-state index contributed by atoms with van der Waals surface area (Å²) in [5.74, 6) is -0.173. The lowest BCUT2D eigenvalue weighted by Crippen LogP contribution is -2.51. The molecule has 0 spiro atoms. The lowest BCUT2D eigenvalue weighted by atomic mass is 9.56. The van der Waals surface area contributed by atoms with Crippen LogP contribution in [0.15, 0.2) is 152 Å². The molecule has 0 saturated carbocycles. The zero-order valence-corrected chi connectivity index (χ0v) is 37.8. The maximum atomic E-state index is 13.7. The maximum Gasteiger partial charge on any atom is 0.330 e. The molecular formula is C57H56O9. The summed E-state index contributed by atoms with van der Waals surface area (Å²) in [6.07, 6.45) is 1.61. The van der Waals surface area contributed by atoms with Crippen molar-refractivity contribution in [3.05, 3.63) is 202 Å². The molecule has 2 bridgehead atoms. The number of benzene rings is 6. The third-order valence-corrected chi connectivity index (χ3v) is 13.3. The molecule has 1 N–H and O–H groups in total. The third kappa shape index (κ3) is 8.21. The average molecular weight is 885 g/mol. The summed E-state index contributed by atoms with van der Waals surface area (Å²) >= 11 is 0. The van der Waals surface area contributed by atoms with Crippen molar-refractivity contribution in [1.29, 1.82) is 0 Å². The Hall–Kier alpha value is -6.52. The number of aliphatic hydroxyl groups is 1. The molecule has 4 aliphatic carbocycles. The van der Waals surface area contributed by atoms with Crippen molar-refractivity contribution in [2.45, 2.75) is 49.5 Å². The lowest BCUT2D eigenvalue weighted by Gasteiger charge is -2.50. The number of carbonyl (C=O) groups is 2. The standard InChI is InChI=1S/C57H56O9/c1-5-53(58)65-34-30-61-28-32-63-41-23-18-38(19-24-41)56(48-15-9-6-12-43(48)44-13-7-10-16-49(44)56)39-20-25-42(26-21-39)64-33-29-62-31-35-66-54(59)52-37-46-45-14-8-11-17-50(45)57(52,60)51-27-22-40(36-47(46)51)55(2,3)4/h5-27,36,46,52,60H,1,28-35,37H2,2-4H3. The van der Waals surface area contributed by atoms with Gasteiger partial charge in [0.05, 0.1) is 37.8 Å². The van der Waals surface area contributed by atoms with Crippen molar-refractivity contribution < 1.29 is 43.1 Å². The normalized spacial score (nSPS) is 18.3. The Kier molecular flexibility index (Phi) is 12.7. The lowest BCUT2D eigenvalue weighted by molar-refractivity contribution is -0.161. The summed E-state index contributed by atoms with van der Waals surface area (Å²) in [7, 11) is 0. The monoisotopic (exact) mass is 884 g/mol. The summed E-state index contributed by atoms with van der Waals surface area (Å²) in [6, 6.07) is 47.9. The van der Waals surface area contributed by atoms with Gasteiger partial charge in [0.25, 0.3) is 0 Å². The van der Waals surface area contributed by atoms with Gasteiger partial charge in [-0.1, -0.05) is 143 Å². The van der Waals surface area contributed by atoms with Crippen molar-refractivity contribution in [3.8, 4) is 22.6 Å². The van der Waals surface area contributed by atoms with Gasteiger partial charge < -0.3 is 33.5 Å². The van der Waals surface area contributed by atoms with E-state index < -0.39 is 28.9 Å². The van der Waals surface area contributed by atoms with Crippen LogP contribution in [-0.2, 0) is 45.0 Å². The zero-order chi connectivity index (χ0) is 45.9. The topological polar surface area (TPSA) is 110 Å². The van der Waals surface area contributed by atoms with Crippen molar-refractivity contribution in [1.82, 2.24) is 0 Å². The quantitative estimate of drug-likeness (QED) is 0.0512. The van der Waals surface area contributed by atoms with Gasteiger partial charge in [0.1, 0.15) is 43.5 Å². The van der Waals surface area contributed by atoms with Crippen LogP contribution in [0.2, 0.25) is 0 Å². The molecule has 338 valence electrons. The molecule has 10 rings (SSSR count). The summed E-state index contributed by atoms with van der Waals surface area (Å²) in [5.41, 5.74) is 9.85. The molecule has 0 fully saturated rings. The second-order valence-corrected chi connectivity index (χ2v) is 18.1. The Morgan fingerprint density at radius 1 is 0.606 bits per heavy atom. The Labute approximate surface area is 386 Å². The van der Waals surface area contributed by atoms with Gasteiger partial charge >= 0.3 is 11.9 Å². The highest BCUT2D eigenvalue weighted by molar-refractivity contribution is 5.86. The fourth-order valence-electron chi connectivity index (χ4n) is 10.3. The Morgan fingerprint density at radius 3 is 1.67 bits per heavy atom. The number of esters is 2. The molecule has 3 unspecified atom stereocenters. The smallest absolute Gasteiger partial charge is 0.330 e. The van der Waals surface area contributed by atoms with Crippen molar-refractivity contribution >= 4 is 11.9 Å². The molecule has 6 aromatic carbocycles. The minimum Gasteiger partial charge on any atom is -0.491 e. The highest BCUT2D eigenvalue weighted by Gasteiger charge is 2.57. The number of ether oxygens (including phenoxy) is 6. The first-order chi connectivity index (χ1) is 32.0. The summed E-state index contributed by atoms with van der Waals surface area (Å²) < 4.78 is 34.3. The van der Waals surface area contributed by atoms with Crippen LogP contribution in [0.3, 0.4) is 0 Å². The van der Waals surface area contributed by atoms with Gasteiger partial charge in [0.2, 0.25) is 0 Å². The SMILES string of the molecule is C=CC(=O)OCCOCCOc1ccc(C2(c3ccc(OCCOCCOC(=O)C4CC5c6ccccc6C4(O)c4ccc(C(C)(C)C)cc45)cc3)c3ccccc3-c3ccccc32)cc1. The highest BCUT2D eigenvalue weighted by atomic mass is 16.6. The van der Waals surface area contributed by atoms with Crippen LogP contribution in [-0.4, -0.2) is 69.9 Å². The third-order valence-electron chi connectivity index (χ3n) is 13.3. The highest BCUT2D eigenvalue weighted by Crippen LogP contribution is 2.59. The van der Waals surface area contributed by atoms with E-state index in [-0.39, 0.29) is 37.8 Å². The fraction of sp³-hybridized carbons (Fsp3) is 0.298. The summed E-state index contributed by atoms with van der Waals surface area (Å²) in [6.45, 7) is 12.0. The number of hydrogen-bond acceptors (Lipinski definition) is 9. The van der Waals surface area contributed by atoms with Gasteiger partial charge in [-0.2, -0.15) is 0 Å². The first kappa shape index (κ1) is 44.7. The molecule has 4 aliphatic rings. The number of rotatable bonds is 18. The van der Waals surface area contributed by atoms with Crippen LogP contribution in [0.1, 0.15) is 83.2 Å². The zero-order valence-electron chi connectivity index (χ0n) is 37.8. The molecule has 0 saturated heterocycles. The fourth-order valence-corrected chi connectivity index (χ4v) is 10.3. The van der Waals surface area contributed by atoms with Crippen molar-refractivity contribution in [3.63, 3.8) is 0 Å². The molecule has 0 amide bonds. The van der Waals surface area contributed by atoms with Gasteiger partial charge in [0.15, 0.2) is 0 Å². The molecular weight excluding hydrogens is 829 g/mol. The maximum absolute atomic E-state index is 13.7. The second kappa shape index (κ2) is 18.8. The predicted molar refractivity (Wildman–Crippen MR) is 253 cm³/mol. The number of hydrogen-bond donors (Lipinski definition) is 1. The van der Waals surface area contributed by atoms with Gasteiger partial charge in [-0.05, 0) is 97.3 Å². The van der Waals surface area contributed by atoms with Crippen LogP contribution >= 0.6 is 0 Å². The van der Waals surface area contributed by atoms with Crippen LogP contribution in [0.4, 0.5) is 0 Å². The van der Waals surface area contributed by atoms with Gasteiger partial charge in [0, 0.05) is 12.0 Å². The van der Waals surface area contributed by atoms with Crippen molar-refractivity contribution in [2.24, 2.45) is 5.92 Å². The van der Waals surface area contributed by atoms with E-state index in [2.05, 4.69) is 118 Å². The molecule has 66 heavy (non-hydrogen) atoms. The Balaban J connectivity index is 0.814. The molecule has 6 aromatic rings. The van der Waals surface area contributed by atoms with Gasteiger partial charge in [-0.25, -0.2) is 4.79 Å². The van der Waals surface area contributed by atoms with Gasteiger partial charge in [-0.3, -0.25) is 4.79 Å². The molecule has 9 heteroatoms. The minimum atomic E-state index is -1.47. The summed E-state index contributed by atoms with van der Waals surface area (Å²) in [5, 5.41) is 12.5. The predicted octanol–water partition coefficient (Wildman–Crippen LogP) is 9.81. The van der Waals surface area contributed by atoms with Crippen LogP contribution < -0.4 is 9.47 Å². The first-order valence-electron chi connectivity index (χ1n) is 22.8. The van der Waals surface area contributed by atoms with E-state index in [9.17, 15) is 14.7 Å². The average Bonchev–Trinajstić information content (AvgIpc) is 3.64. The molecule has 0 heterocycles. The summed E-state index contributed by atoms with van der Waals surface area (Å²) in [4.78, 5) is 24.9. The second-order valence-electron chi connectivity index (χ2n) is 18.1. The Bertz CT molecular complexity index is 2670.